The number of benzene rings is 1. The smallest absolute Gasteiger partial charge is 0.255 e. The number of para-hydroxylation sites is 1. The van der Waals surface area contributed by atoms with E-state index >= 15 is 0 Å². The molecule has 1 aromatic carbocycles. The fourth-order valence-electron chi connectivity index (χ4n) is 3.85. The lowest BCUT2D eigenvalue weighted by atomic mass is 10.2. The van der Waals surface area contributed by atoms with Gasteiger partial charge >= 0.3 is 0 Å². The molecule has 4 heterocycles. The van der Waals surface area contributed by atoms with Crippen LogP contribution in [0.2, 0.25) is 0 Å². The van der Waals surface area contributed by atoms with E-state index < -0.39 is 0 Å². The molecule has 0 spiro atoms. The largest absolute Gasteiger partial charge is 0.494 e. The van der Waals surface area contributed by atoms with Crippen molar-refractivity contribution in [2.45, 2.75) is 13.1 Å². The summed E-state index contributed by atoms with van der Waals surface area (Å²) in [5.74, 6) is 0.452. The predicted octanol–water partition coefficient (Wildman–Crippen LogP) is 2.56. The maximum atomic E-state index is 12.6. The van der Waals surface area contributed by atoms with Crippen LogP contribution < -0.4 is 10.5 Å². The second-order valence-electron chi connectivity index (χ2n) is 7.21. The Labute approximate surface area is 171 Å². The molecule has 0 atom stereocenters. The topological polar surface area (TPSA) is 96.4 Å². The molecule has 150 valence electrons. The summed E-state index contributed by atoms with van der Waals surface area (Å²) in [5.41, 5.74) is 3.09. The highest BCUT2D eigenvalue weighted by Crippen LogP contribution is 2.42. The van der Waals surface area contributed by atoms with E-state index in [0.29, 0.717) is 41.5 Å². The van der Waals surface area contributed by atoms with Gasteiger partial charge in [0.25, 0.3) is 5.56 Å². The fraction of sp³-hybridized carbons (Fsp3) is 0.136. The molecule has 0 saturated heterocycles. The van der Waals surface area contributed by atoms with Gasteiger partial charge in [-0.25, -0.2) is 4.98 Å². The van der Waals surface area contributed by atoms with E-state index in [4.69, 9.17) is 0 Å². The molecule has 1 aliphatic heterocycles. The second kappa shape index (κ2) is 6.77. The maximum absolute atomic E-state index is 12.6. The molecule has 5 rings (SSSR count). The van der Waals surface area contributed by atoms with Gasteiger partial charge in [-0.1, -0.05) is 18.2 Å². The van der Waals surface area contributed by atoms with Crippen molar-refractivity contribution in [1.82, 2.24) is 19.1 Å². The molecule has 3 aromatic heterocycles. The molecule has 0 fully saturated rings. The van der Waals surface area contributed by atoms with E-state index in [1.165, 1.54) is 15.2 Å². The monoisotopic (exact) mass is 401 g/mol. The van der Waals surface area contributed by atoms with Crippen molar-refractivity contribution in [2.24, 2.45) is 7.05 Å². The number of hydrogen-bond acceptors (Lipinski definition) is 6. The van der Waals surface area contributed by atoms with Gasteiger partial charge in [0.05, 0.1) is 24.5 Å². The van der Waals surface area contributed by atoms with Crippen LogP contribution in [0.25, 0.3) is 16.9 Å². The third kappa shape index (κ3) is 2.73. The summed E-state index contributed by atoms with van der Waals surface area (Å²) in [4.78, 5) is 23.1. The first-order valence-corrected chi connectivity index (χ1v) is 9.48. The maximum Gasteiger partial charge on any atom is 0.255 e. The number of aromatic hydroxyl groups is 2. The molecular weight excluding hydrogens is 382 g/mol. The Morgan fingerprint density at radius 2 is 1.57 bits per heavy atom. The predicted molar refractivity (Wildman–Crippen MR) is 112 cm³/mol. The molecule has 30 heavy (non-hydrogen) atoms. The van der Waals surface area contributed by atoms with E-state index in [0.717, 1.165) is 5.56 Å². The summed E-state index contributed by atoms with van der Waals surface area (Å²) < 4.78 is 2.90. The fourth-order valence-corrected chi connectivity index (χ4v) is 3.85. The second-order valence-corrected chi connectivity index (χ2v) is 7.21. The van der Waals surface area contributed by atoms with Gasteiger partial charge in [0.15, 0.2) is 0 Å². The molecule has 0 saturated carbocycles. The summed E-state index contributed by atoms with van der Waals surface area (Å²) in [5, 5.41) is 21.6. The number of rotatable bonds is 3. The zero-order valence-corrected chi connectivity index (χ0v) is 16.2. The van der Waals surface area contributed by atoms with E-state index in [2.05, 4.69) is 9.97 Å². The minimum atomic E-state index is -0.189. The molecule has 4 aromatic rings. The van der Waals surface area contributed by atoms with Crippen LogP contribution in [0.5, 0.6) is 11.8 Å². The SMILES string of the molecule is Cn1c(N2Cc3c(c(O)n(-c4ccccc4)c3O)C2)nc(-c2ccncc2)cc1=O. The molecule has 8 nitrogen and oxygen atoms in total. The Morgan fingerprint density at radius 3 is 2.20 bits per heavy atom. The van der Waals surface area contributed by atoms with Crippen LogP contribution in [0.15, 0.2) is 65.7 Å². The standard InChI is InChI=1S/C22H19N5O3/c1-25-19(28)11-18(14-7-9-23-10-8-14)24-22(25)26-12-16-17(13-26)21(30)27(20(16)29)15-5-3-2-4-6-15/h2-11,29-30H,12-13H2,1H3. The van der Waals surface area contributed by atoms with Crippen molar-refractivity contribution >= 4 is 5.95 Å². The molecular formula is C22H19N5O3. The third-order valence-electron chi connectivity index (χ3n) is 5.41. The Hall–Kier alpha value is -4.07. The first-order valence-electron chi connectivity index (χ1n) is 9.48. The summed E-state index contributed by atoms with van der Waals surface area (Å²) in [6.07, 6.45) is 3.30. The zero-order valence-electron chi connectivity index (χ0n) is 16.2. The lowest BCUT2D eigenvalue weighted by molar-refractivity contribution is 0.396. The average Bonchev–Trinajstić information content (AvgIpc) is 3.31. The average molecular weight is 401 g/mol. The highest BCUT2D eigenvalue weighted by Gasteiger charge is 2.33. The van der Waals surface area contributed by atoms with Crippen LogP contribution in [-0.4, -0.2) is 29.3 Å². The number of anilines is 1. The van der Waals surface area contributed by atoms with Gasteiger partial charge in [0, 0.05) is 42.2 Å². The molecule has 1 aliphatic rings. The molecule has 0 unspecified atom stereocenters. The van der Waals surface area contributed by atoms with Gasteiger partial charge in [0.1, 0.15) is 0 Å². The normalized spacial score (nSPS) is 12.9. The third-order valence-corrected chi connectivity index (χ3v) is 5.41. The van der Waals surface area contributed by atoms with Gasteiger partial charge in [-0.15, -0.1) is 0 Å². The van der Waals surface area contributed by atoms with Gasteiger partial charge in [-0.3, -0.25) is 18.9 Å². The Kier molecular flexibility index (Phi) is 4.06. The highest BCUT2D eigenvalue weighted by atomic mass is 16.3. The van der Waals surface area contributed by atoms with Crippen molar-refractivity contribution in [3.63, 3.8) is 0 Å². The number of nitrogens with zero attached hydrogens (tertiary/aromatic N) is 5. The Morgan fingerprint density at radius 1 is 0.933 bits per heavy atom. The van der Waals surface area contributed by atoms with Crippen LogP contribution in [-0.2, 0) is 20.1 Å². The summed E-state index contributed by atoms with van der Waals surface area (Å²) in [6.45, 7) is 0.656. The Bertz CT molecular complexity index is 1270. The lowest BCUT2D eigenvalue weighted by Gasteiger charge is -2.21. The first kappa shape index (κ1) is 18.0. The van der Waals surface area contributed by atoms with Gasteiger partial charge in [-0.2, -0.15) is 0 Å². The van der Waals surface area contributed by atoms with Crippen LogP contribution >= 0.6 is 0 Å². The summed E-state index contributed by atoms with van der Waals surface area (Å²) in [6, 6.07) is 14.3. The Balaban J connectivity index is 1.55. The molecule has 0 aliphatic carbocycles. The lowest BCUT2D eigenvalue weighted by Crippen LogP contribution is -2.28. The number of aromatic nitrogens is 4. The van der Waals surface area contributed by atoms with E-state index in [-0.39, 0.29) is 17.3 Å². The van der Waals surface area contributed by atoms with Crippen LogP contribution in [0.1, 0.15) is 11.1 Å². The van der Waals surface area contributed by atoms with Crippen molar-refractivity contribution in [3.05, 3.63) is 82.4 Å². The zero-order chi connectivity index (χ0) is 20.8. The summed E-state index contributed by atoms with van der Waals surface area (Å²) in [7, 11) is 1.66. The van der Waals surface area contributed by atoms with Gasteiger partial charge < -0.3 is 15.1 Å². The first-order chi connectivity index (χ1) is 14.5. The van der Waals surface area contributed by atoms with Crippen molar-refractivity contribution in [3.8, 4) is 28.7 Å². The van der Waals surface area contributed by atoms with E-state index in [1.807, 2.05) is 35.2 Å². The minimum Gasteiger partial charge on any atom is -0.494 e. The van der Waals surface area contributed by atoms with Crippen molar-refractivity contribution in [1.29, 1.82) is 0 Å². The van der Waals surface area contributed by atoms with E-state index in [1.54, 1.807) is 31.6 Å². The quantitative estimate of drug-likeness (QED) is 0.548. The van der Waals surface area contributed by atoms with Crippen molar-refractivity contribution in [2.75, 3.05) is 4.90 Å². The van der Waals surface area contributed by atoms with Crippen molar-refractivity contribution < 1.29 is 10.2 Å². The molecule has 0 radical (unpaired) electrons. The molecule has 8 heteroatoms. The number of pyridine rings is 1. The number of hydrogen-bond donors (Lipinski definition) is 2. The highest BCUT2D eigenvalue weighted by molar-refractivity contribution is 5.62. The minimum absolute atomic E-state index is 0.00788. The van der Waals surface area contributed by atoms with Crippen LogP contribution in [0.3, 0.4) is 0 Å². The number of fused-ring (bicyclic) bond motifs is 1. The van der Waals surface area contributed by atoms with Crippen LogP contribution in [0.4, 0.5) is 5.95 Å². The summed E-state index contributed by atoms with van der Waals surface area (Å²) >= 11 is 0. The molecule has 2 N–H and O–H groups in total. The molecule has 0 bridgehead atoms. The van der Waals surface area contributed by atoms with Gasteiger partial charge in [-0.05, 0) is 24.3 Å². The van der Waals surface area contributed by atoms with Gasteiger partial charge in [0.2, 0.25) is 17.7 Å². The molecule has 0 amide bonds. The van der Waals surface area contributed by atoms with E-state index in [9.17, 15) is 15.0 Å². The van der Waals surface area contributed by atoms with Crippen LogP contribution in [0, 0.1) is 0 Å².